The van der Waals surface area contributed by atoms with E-state index in [1.165, 1.54) is 0 Å². The van der Waals surface area contributed by atoms with Gasteiger partial charge in [-0.05, 0) is 0 Å². The summed E-state index contributed by atoms with van der Waals surface area (Å²) in [6, 6.07) is 0. The van der Waals surface area contributed by atoms with Gasteiger partial charge < -0.3 is 8.37 Å². The van der Waals surface area contributed by atoms with E-state index >= 15 is 0 Å². The van der Waals surface area contributed by atoms with Gasteiger partial charge in [0.05, 0.1) is 57.6 Å². The second-order valence-electron chi connectivity index (χ2n) is 4.40. The molecule has 0 aromatic rings. The highest BCUT2D eigenvalue weighted by Crippen LogP contribution is 2.22. The minimum atomic E-state index is -2.60. The summed E-state index contributed by atoms with van der Waals surface area (Å²) in [6.45, 7) is 1.39. The molecule has 0 aromatic heterocycles. The third-order valence-corrected chi connectivity index (χ3v) is 4.33. The molecule has 0 spiro atoms. The molecule has 0 bridgehead atoms. The zero-order chi connectivity index (χ0) is 19.1. The average Bonchev–Trinajstić information content (AvgIpc) is 2.45. The molecule has 0 N–H and O–H groups in total. The normalized spacial score (nSPS) is 11.4. The Balaban J connectivity index is 4.39. The first-order valence-electron chi connectivity index (χ1n) is 5.59. The molecule has 0 unspecified atom stereocenters. The molecule has 0 radical (unpaired) electrons. The van der Waals surface area contributed by atoms with E-state index in [9.17, 15) is 45.3 Å². The number of nitrogens with zero attached hydrogens (tertiary/aromatic N) is 4. The third kappa shape index (κ3) is 5.33. The van der Waals surface area contributed by atoms with Gasteiger partial charge in [-0.1, -0.05) is 0 Å². The van der Waals surface area contributed by atoms with Gasteiger partial charge in [0, 0.05) is 0 Å². The molecule has 0 aliphatic carbocycles. The maximum absolute atomic E-state index is 11.1. The van der Waals surface area contributed by atoms with E-state index in [4.69, 9.17) is 0 Å². The fourth-order valence-corrected chi connectivity index (χ4v) is 2.03. The Hall–Kier alpha value is -2.43. The molecule has 0 aliphatic heterocycles. The molecule has 0 fully saturated rings. The Morgan fingerprint density at radius 1 is 0.792 bits per heavy atom. The van der Waals surface area contributed by atoms with Crippen LogP contribution >= 0.6 is 24.1 Å². The van der Waals surface area contributed by atoms with Gasteiger partial charge in [0.15, 0.2) is 11.5 Å². The van der Waals surface area contributed by atoms with E-state index in [0.29, 0.717) is 13.8 Å². The maximum Gasteiger partial charge on any atom is 0.533 e. The number of hydrogen-bond donors (Lipinski definition) is 0. The van der Waals surface area contributed by atoms with Gasteiger partial charge in [0.1, 0.15) is 0 Å². The quantitative estimate of drug-likeness (QED) is 0.220. The topological polar surface area (TPSA) is 208 Å². The highest BCUT2D eigenvalue weighted by molar-refractivity contribution is 7.96. The van der Waals surface area contributed by atoms with Crippen molar-refractivity contribution in [2.24, 2.45) is 0 Å². The second kappa shape index (κ2) is 8.43. The summed E-state index contributed by atoms with van der Waals surface area (Å²) >= 11 is 0.113. The summed E-state index contributed by atoms with van der Waals surface area (Å²) in [5.74, 6) is -1.68. The van der Waals surface area contributed by atoms with E-state index < -0.39 is 48.7 Å². The van der Waals surface area contributed by atoms with Crippen LogP contribution in [-0.4, -0.2) is 48.7 Å². The molecule has 0 aliphatic rings. The smallest absolute Gasteiger partial charge is 0.358 e. The number of carbonyl (C=O) groups excluding carboxylic acids is 1. The van der Waals surface area contributed by atoms with Crippen LogP contribution in [0.25, 0.3) is 0 Å². The summed E-state index contributed by atoms with van der Waals surface area (Å²) in [4.78, 5) is 48.8. The van der Waals surface area contributed by atoms with Crippen molar-refractivity contribution in [2.75, 3.05) is 11.5 Å². The fourth-order valence-electron chi connectivity index (χ4n) is 0.736. The van der Waals surface area contributed by atoms with Gasteiger partial charge in [-0.15, -0.1) is 0 Å². The predicted octanol–water partition coefficient (Wildman–Crippen LogP) is 0.975. The Morgan fingerprint density at radius 3 is 1.25 bits per heavy atom. The summed E-state index contributed by atoms with van der Waals surface area (Å²) in [7, 11) is 0. The molecule has 24 heavy (non-hydrogen) atoms. The molecule has 0 saturated carbocycles. The molecule has 0 amide bonds. The van der Waals surface area contributed by atoms with Gasteiger partial charge in [0.2, 0.25) is 0 Å². The molecular weight excluding hydrogens is 380 g/mol. The van der Waals surface area contributed by atoms with Gasteiger partial charge in [0.25, 0.3) is 0 Å². The summed E-state index contributed by atoms with van der Waals surface area (Å²) in [5, 5.41) is 42.4. The Bertz CT molecular complexity index is 480. The third-order valence-electron chi connectivity index (χ3n) is 2.49. The zero-order valence-electron chi connectivity index (χ0n) is 12.0. The summed E-state index contributed by atoms with van der Waals surface area (Å²) in [5.41, 5.74) is -5.21. The van der Waals surface area contributed by atoms with Gasteiger partial charge in [-0.25, -0.2) is 4.79 Å². The predicted molar refractivity (Wildman–Crippen MR) is 77.3 cm³/mol. The van der Waals surface area contributed by atoms with E-state index in [2.05, 4.69) is 8.37 Å². The molecule has 15 nitrogen and oxygen atoms in total. The largest absolute Gasteiger partial charge is 0.533 e. The number of rotatable bonds is 10. The average molecular weight is 390 g/mol. The van der Waals surface area contributed by atoms with Crippen molar-refractivity contribution < 1.29 is 32.9 Å². The number of nitro groups is 4. The van der Waals surface area contributed by atoms with E-state index in [-0.39, 0.29) is 24.1 Å². The minimum absolute atomic E-state index is 0.0565. The molecule has 136 valence electrons. The van der Waals surface area contributed by atoms with E-state index in [1.54, 1.807) is 0 Å². The van der Waals surface area contributed by atoms with Crippen molar-refractivity contribution in [1.82, 2.24) is 0 Å². The number of carbonyl (C=O) groups is 1. The zero-order valence-corrected chi connectivity index (χ0v) is 13.6. The van der Waals surface area contributed by atoms with Gasteiger partial charge >= 0.3 is 17.5 Å². The number of hydrogen-bond acceptors (Lipinski definition) is 13. The SMILES string of the molecule is CC(CSOC(=O)OSCC(C)([N+](=O)[O-])[N+](=O)[O-])([N+](=O)[O-])[N+](=O)[O-]. The fraction of sp³-hybridized carbons (Fsp3) is 0.857. The molecular formula is C7H10N4O11S2. The maximum atomic E-state index is 11.1. The Kier molecular flexibility index (Phi) is 7.58. The lowest BCUT2D eigenvalue weighted by Crippen LogP contribution is -2.45. The Morgan fingerprint density at radius 2 is 1.04 bits per heavy atom. The van der Waals surface area contributed by atoms with Crippen LogP contribution in [0.2, 0.25) is 0 Å². The van der Waals surface area contributed by atoms with Crippen LogP contribution in [0.1, 0.15) is 13.8 Å². The van der Waals surface area contributed by atoms with E-state index in [1.807, 2.05) is 0 Å². The van der Waals surface area contributed by atoms with Crippen molar-refractivity contribution in [3.8, 4) is 0 Å². The Labute approximate surface area is 141 Å². The first-order chi connectivity index (χ1) is 10.9. The summed E-state index contributed by atoms with van der Waals surface area (Å²) in [6.07, 6.45) is -1.49. The monoisotopic (exact) mass is 390 g/mol. The van der Waals surface area contributed by atoms with Crippen molar-refractivity contribution in [2.45, 2.75) is 25.2 Å². The van der Waals surface area contributed by atoms with Gasteiger partial charge in [-0.3, -0.25) is 40.5 Å². The molecule has 0 aromatic carbocycles. The van der Waals surface area contributed by atoms with Crippen molar-refractivity contribution in [3.63, 3.8) is 0 Å². The lowest BCUT2D eigenvalue weighted by atomic mass is 10.3. The highest BCUT2D eigenvalue weighted by Gasteiger charge is 2.52. The standard InChI is InChI=1S/C7H10N4O11S2/c1-6(8(13)14,9(15)16)3-23-21-5(12)22-24-4-7(2,10(17)18)11(19)20/h3-4H2,1-2H3. The van der Waals surface area contributed by atoms with Crippen LogP contribution in [0.5, 0.6) is 0 Å². The highest BCUT2D eigenvalue weighted by atomic mass is 32.2. The van der Waals surface area contributed by atoms with Crippen molar-refractivity contribution in [3.05, 3.63) is 40.5 Å². The lowest BCUT2D eigenvalue weighted by Gasteiger charge is -2.12. The summed E-state index contributed by atoms with van der Waals surface area (Å²) < 4.78 is 8.52. The van der Waals surface area contributed by atoms with E-state index in [0.717, 1.165) is 0 Å². The molecule has 17 heteroatoms. The van der Waals surface area contributed by atoms with Crippen LogP contribution in [-0.2, 0) is 8.37 Å². The second-order valence-corrected chi connectivity index (χ2v) is 5.79. The van der Waals surface area contributed by atoms with Crippen molar-refractivity contribution >= 4 is 30.2 Å². The minimum Gasteiger partial charge on any atom is -0.358 e. The first-order valence-corrected chi connectivity index (χ1v) is 7.41. The van der Waals surface area contributed by atoms with Crippen LogP contribution in [0.3, 0.4) is 0 Å². The van der Waals surface area contributed by atoms with Gasteiger partial charge in [-0.2, -0.15) is 0 Å². The molecule has 0 saturated heterocycles. The first kappa shape index (κ1) is 21.6. The van der Waals surface area contributed by atoms with Crippen LogP contribution in [0, 0.1) is 40.5 Å². The van der Waals surface area contributed by atoms with Crippen molar-refractivity contribution in [1.29, 1.82) is 0 Å². The lowest BCUT2D eigenvalue weighted by molar-refractivity contribution is -0.785. The molecule has 0 heterocycles. The van der Waals surface area contributed by atoms with Crippen LogP contribution < -0.4 is 0 Å². The van der Waals surface area contributed by atoms with Crippen LogP contribution in [0.15, 0.2) is 0 Å². The molecule has 0 rings (SSSR count). The van der Waals surface area contributed by atoms with Crippen LogP contribution in [0.4, 0.5) is 4.79 Å². The molecule has 0 atom stereocenters.